The molecule has 21 heavy (non-hydrogen) atoms. The molecule has 0 aromatic heterocycles. The summed E-state index contributed by atoms with van der Waals surface area (Å²) in [6.07, 6.45) is 1.93. The van der Waals surface area contributed by atoms with Gasteiger partial charge in [-0.15, -0.1) is 0 Å². The third-order valence-corrected chi connectivity index (χ3v) is 3.54. The molecule has 0 heterocycles. The zero-order chi connectivity index (χ0) is 15.1. The Labute approximate surface area is 127 Å². The first-order valence-corrected chi connectivity index (χ1v) is 7.30. The molecule has 0 aliphatic heterocycles. The summed E-state index contributed by atoms with van der Waals surface area (Å²) in [5.74, 6) is 0. The van der Waals surface area contributed by atoms with Crippen molar-refractivity contribution in [3.63, 3.8) is 0 Å². The Morgan fingerprint density at radius 1 is 1.00 bits per heavy atom. The average molecular weight is 276 g/mol. The van der Waals surface area contributed by atoms with E-state index in [0.717, 1.165) is 24.2 Å². The Bertz CT molecular complexity index is 630. The van der Waals surface area contributed by atoms with Crippen LogP contribution in [0.2, 0.25) is 0 Å². The molecule has 0 atom stereocenters. The van der Waals surface area contributed by atoms with E-state index in [1.165, 1.54) is 5.69 Å². The largest absolute Gasteiger partial charge is 0.372 e. The molecular weight excluding hydrogens is 256 g/mol. The summed E-state index contributed by atoms with van der Waals surface area (Å²) in [6.45, 7) is 6.30. The third-order valence-electron chi connectivity index (χ3n) is 3.54. The van der Waals surface area contributed by atoms with Gasteiger partial charge in [0.15, 0.2) is 0 Å². The van der Waals surface area contributed by atoms with Crippen molar-refractivity contribution < 1.29 is 0 Å². The molecule has 0 saturated carbocycles. The van der Waals surface area contributed by atoms with E-state index in [0.29, 0.717) is 5.57 Å². The molecule has 0 radical (unpaired) electrons. The normalized spacial score (nSPS) is 11.0. The maximum Gasteiger partial charge on any atom is 0.0998 e. The first-order valence-electron chi connectivity index (χ1n) is 7.30. The number of anilines is 1. The van der Waals surface area contributed by atoms with Gasteiger partial charge >= 0.3 is 0 Å². The minimum absolute atomic E-state index is 0.686. The first kappa shape index (κ1) is 14.9. The lowest BCUT2D eigenvalue weighted by Crippen LogP contribution is -2.21. The number of allylic oxidation sites excluding steroid dienone is 1. The van der Waals surface area contributed by atoms with Crippen LogP contribution in [0, 0.1) is 11.3 Å². The van der Waals surface area contributed by atoms with Gasteiger partial charge in [-0.2, -0.15) is 5.26 Å². The van der Waals surface area contributed by atoms with Crippen LogP contribution >= 0.6 is 0 Å². The van der Waals surface area contributed by atoms with Crippen molar-refractivity contribution >= 4 is 17.3 Å². The molecule has 0 unspecified atom stereocenters. The first-order chi connectivity index (χ1) is 10.3. The molecule has 2 rings (SSSR count). The highest BCUT2D eigenvalue weighted by Gasteiger charge is 2.02. The molecule has 0 N–H and O–H groups in total. The smallest absolute Gasteiger partial charge is 0.0998 e. The van der Waals surface area contributed by atoms with Crippen molar-refractivity contribution in [3.05, 3.63) is 65.7 Å². The van der Waals surface area contributed by atoms with E-state index in [9.17, 15) is 5.26 Å². The number of benzene rings is 2. The molecule has 2 aromatic carbocycles. The maximum absolute atomic E-state index is 9.33. The Morgan fingerprint density at radius 2 is 1.62 bits per heavy atom. The van der Waals surface area contributed by atoms with Gasteiger partial charge in [0.2, 0.25) is 0 Å². The molecule has 0 aliphatic rings. The highest BCUT2D eigenvalue weighted by molar-refractivity contribution is 5.89. The van der Waals surface area contributed by atoms with Crippen LogP contribution < -0.4 is 4.90 Å². The Balaban J connectivity index is 2.26. The van der Waals surface area contributed by atoms with Crippen molar-refractivity contribution in [2.24, 2.45) is 0 Å². The van der Waals surface area contributed by atoms with Crippen LogP contribution in [0.4, 0.5) is 5.69 Å². The van der Waals surface area contributed by atoms with Crippen molar-refractivity contribution in [1.29, 1.82) is 5.26 Å². The van der Waals surface area contributed by atoms with Gasteiger partial charge in [-0.3, -0.25) is 0 Å². The molecule has 0 bridgehead atoms. The fourth-order valence-electron chi connectivity index (χ4n) is 2.33. The van der Waals surface area contributed by atoms with Crippen LogP contribution in [-0.2, 0) is 0 Å². The second kappa shape index (κ2) is 7.31. The van der Waals surface area contributed by atoms with E-state index in [4.69, 9.17) is 0 Å². The minimum atomic E-state index is 0.686. The Kier molecular flexibility index (Phi) is 5.17. The zero-order valence-corrected chi connectivity index (χ0v) is 12.6. The molecule has 2 nitrogen and oxygen atoms in total. The van der Waals surface area contributed by atoms with Gasteiger partial charge < -0.3 is 4.90 Å². The fraction of sp³-hybridized carbons (Fsp3) is 0.211. The van der Waals surface area contributed by atoms with Crippen molar-refractivity contribution in [3.8, 4) is 6.07 Å². The molecule has 0 saturated heterocycles. The summed E-state index contributed by atoms with van der Waals surface area (Å²) in [7, 11) is 0. The molecule has 2 aromatic rings. The quantitative estimate of drug-likeness (QED) is 0.589. The van der Waals surface area contributed by atoms with Crippen LogP contribution in [0.15, 0.2) is 54.6 Å². The predicted molar refractivity (Wildman–Crippen MR) is 89.9 cm³/mol. The van der Waals surface area contributed by atoms with Crippen LogP contribution in [0.25, 0.3) is 11.6 Å². The molecule has 106 valence electrons. The molecule has 0 fully saturated rings. The van der Waals surface area contributed by atoms with Gasteiger partial charge in [-0.05, 0) is 43.2 Å². The fourth-order valence-corrected chi connectivity index (χ4v) is 2.33. The van der Waals surface area contributed by atoms with E-state index in [1.807, 2.05) is 36.4 Å². The number of hydrogen-bond donors (Lipinski definition) is 0. The standard InChI is InChI=1S/C19H20N2/c1-3-21(4-2)19-12-10-16(11-13-19)14-18(15-20)17-8-6-5-7-9-17/h5-14H,3-4H2,1-2H3/b18-14-. The van der Waals surface area contributed by atoms with Crippen molar-refractivity contribution in [1.82, 2.24) is 0 Å². The average Bonchev–Trinajstić information content (AvgIpc) is 2.56. The zero-order valence-electron chi connectivity index (χ0n) is 12.6. The van der Waals surface area contributed by atoms with Crippen LogP contribution in [-0.4, -0.2) is 13.1 Å². The highest BCUT2D eigenvalue weighted by Crippen LogP contribution is 2.20. The van der Waals surface area contributed by atoms with E-state index >= 15 is 0 Å². The van der Waals surface area contributed by atoms with E-state index in [1.54, 1.807) is 0 Å². The van der Waals surface area contributed by atoms with Crippen LogP contribution in [0.1, 0.15) is 25.0 Å². The van der Waals surface area contributed by atoms with Gasteiger partial charge in [0, 0.05) is 18.8 Å². The van der Waals surface area contributed by atoms with Crippen molar-refractivity contribution in [2.45, 2.75) is 13.8 Å². The van der Waals surface area contributed by atoms with E-state index in [-0.39, 0.29) is 0 Å². The SMILES string of the molecule is CCN(CC)c1ccc(/C=C(/C#N)c2ccccc2)cc1. The van der Waals surface area contributed by atoms with Gasteiger partial charge in [-0.25, -0.2) is 0 Å². The van der Waals surface area contributed by atoms with Gasteiger partial charge in [0.05, 0.1) is 11.6 Å². The summed E-state index contributed by atoms with van der Waals surface area (Å²) in [5, 5.41) is 9.33. The lowest BCUT2D eigenvalue weighted by molar-refractivity contribution is 0.866. The van der Waals surface area contributed by atoms with Gasteiger partial charge in [-0.1, -0.05) is 42.5 Å². The molecule has 0 amide bonds. The summed E-state index contributed by atoms with van der Waals surface area (Å²) in [4.78, 5) is 2.30. The molecular formula is C19H20N2. The topological polar surface area (TPSA) is 27.0 Å². The van der Waals surface area contributed by atoms with Crippen molar-refractivity contribution in [2.75, 3.05) is 18.0 Å². The predicted octanol–water partition coefficient (Wildman–Crippen LogP) is 4.60. The third kappa shape index (κ3) is 3.73. The summed E-state index contributed by atoms with van der Waals surface area (Å²) in [5.41, 5.74) is 3.90. The summed E-state index contributed by atoms with van der Waals surface area (Å²) >= 11 is 0. The monoisotopic (exact) mass is 276 g/mol. The Hall–Kier alpha value is -2.53. The van der Waals surface area contributed by atoms with E-state index < -0.39 is 0 Å². The molecule has 0 spiro atoms. The highest BCUT2D eigenvalue weighted by atomic mass is 15.1. The summed E-state index contributed by atoms with van der Waals surface area (Å²) in [6, 6.07) is 20.4. The molecule has 0 aliphatic carbocycles. The lowest BCUT2D eigenvalue weighted by atomic mass is 10.0. The number of hydrogen-bond acceptors (Lipinski definition) is 2. The van der Waals surface area contributed by atoms with E-state index in [2.05, 4.69) is 49.1 Å². The van der Waals surface area contributed by atoms with Gasteiger partial charge in [0.25, 0.3) is 0 Å². The number of rotatable bonds is 5. The summed E-state index contributed by atoms with van der Waals surface area (Å²) < 4.78 is 0. The second-order valence-electron chi connectivity index (χ2n) is 4.80. The van der Waals surface area contributed by atoms with Gasteiger partial charge in [0.1, 0.15) is 0 Å². The second-order valence-corrected chi connectivity index (χ2v) is 4.80. The maximum atomic E-state index is 9.33. The van der Waals surface area contributed by atoms with Crippen LogP contribution in [0.3, 0.4) is 0 Å². The van der Waals surface area contributed by atoms with Crippen LogP contribution in [0.5, 0.6) is 0 Å². The number of nitriles is 1. The number of nitrogens with zero attached hydrogens (tertiary/aromatic N) is 2. The molecule has 2 heteroatoms. The minimum Gasteiger partial charge on any atom is -0.372 e. The lowest BCUT2D eigenvalue weighted by Gasteiger charge is -2.20. The Morgan fingerprint density at radius 3 is 2.14 bits per heavy atom.